The highest BCUT2D eigenvalue weighted by molar-refractivity contribution is 6.18. The lowest BCUT2D eigenvalue weighted by Gasteiger charge is -2.11. The molecule has 0 saturated carbocycles. The second kappa shape index (κ2) is 7.86. The number of primary amides is 1. The molecule has 1 amide bonds. The van der Waals surface area contributed by atoms with Crippen molar-refractivity contribution < 1.29 is 13.9 Å². The highest BCUT2D eigenvalue weighted by atomic mass is 19.1. The minimum atomic E-state index is -0.649. The van der Waals surface area contributed by atoms with Crippen LogP contribution in [-0.2, 0) is 11.8 Å². The van der Waals surface area contributed by atoms with Crippen LogP contribution in [0.15, 0.2) is 55.5 Å². The third kappa shape index (κ3) is 3.80. The Morgan fingerprint density at radius 1 is 1.26 bits per heavy atom. The zero-order valence-corrected chi connectivity index (χ0v) is 16.9. The Labute approximate surface area is 177 Å². The number of carbonyl (C=O) groups is 1. The summed E-state index contributed by atoms with van der Waals surface area (Å²) in [5.41, 5.74) is 8.57. The minimum absolute atomic E-state index is 0.121. The minimum Gasteiger partial charge on any atom is -0.480 e. The molecule has 31 heavy (non-hydrogen) atoms. The second-order valence-electron chi connectivity index (χ2n) is 6.83. The Balaban J connectivity index is 1.73. The monoisotopic (exact) mass is 418 g/mol. The van der Waals surface area contributed by atoms with E-state index in [0.717, 1.165) is 16.5 Å². The van der Waals surface area contributed by atoms with Crippen molar-refractivity contribution in [1.29, 1.82) is 0 Å². The average molecular weight is 418 g/mol. The number of halogens is 1. The van der Waals surface area contributed by atoms with Crippen molar-refractivity contribution >= 4 is 34.0 Å². The molecule has 0 radical (unpaired) electrons. The van der Waals surface area contributed by atoms with Gasteiger partial charge in [0.05, 0.1) is 18.3 Å². The number of carbonyl (C=O) groups excluding carboxylic acids is 1. The third-order valence-corrected chi connectivity index (χ3v) is 4.82. The van der Waals surface area contributed by atoms with Crippen LogP contribution in [0.5, 0.6) is 5.88 Å². The molecule has 0 atom stereocenters. The fourth-order valence-corrected chi connectivity index (χ4v) is 3.26. The number of nitrogens with one attached hydrogen (secondary N) is 1. The first-order valence-electron chi connectivity index (χ1n) is 9.25. The summed E-state index contributed by atoms with van der Waals surface area (Å²) in [4.78, 5) is 24.5. The molecule has 3 heterocycles. The zero-order valence-electron chi connectivity index (χ0n) is 16.9. The van der Waals surface area contributed by atoms with Crippen LogP contribution in [0, 0.1) is 5.82 Å². The average Bonchev–Trinajstić information content (AvgIpc) is 3.09. The number of aromatic nitrogens is 4. The summed E-state index contributed by atoms with van der Waals surface area (Å²) in [6.45, 7) is 3.68. The largest absolute Gasteiger partial charge is 0.480 e. The van der Waals surface area contributed by atoms with Crippen LogP contribution in [0.25, 0.3) is 27.7 Å². The Morgan fingerprint density at radius 2 is 2.06 bits per heavy atom. The summed E-state index contributed by atoms with van der Waals surface area (Å²) in [7, 11) is 3.32. The van der Waals surface area contributed by atoms with Gasteiger partial charge in [0, 0.05) is 47.7 Å². The number of methoxy groups -OCH3 is 1. The summed E-state index contributed by atoms with van der Waals surface area (Å²) < 4.78 is 20.8. The fraction of sp³-hybridized carbons (Fsp3) is 0.0909. The molecule has 1 aromatic carbocycles. The number of nitrogens with two attached hydrogens (primary N) is 1. The van der Waals surface area contributed by atoms with Gasteiger partial charge in [0.1, 0.15) is 11.5 Å². The van der Waals surface area contributed by atoms with E-state index in [9.17, 15) is 9.18 Å². The number of ether oxygens (including phenoxy) is 1. The Bertz CT molecular complexity index is 1330. The highest BCUT2D eigenvalue weighted by Crippen LogP contribution is 2.31. The van der Waals surface area contributed by atoms with Crippen LogP contribution in [0.4, 0.5) is 16.0 Å². The van der Waals surface area contributed by atoms with Crippen molar-refractivity contribution in [2.75, 3.05) is 12.4 Å². The molecule has 0 aliphatic rings. The SMILES string of the molecule is C=C(C(N)=O)c1cnc(OC)c(Nc2nccc(-c3cn(C)c4cc(F)ccc34)n2)c1. The van der Waals surface area contributed by atoms with Crippen LogP contribution < -0.4 is 15.8 Å². The molecule has 0 unspecified atom stereocenters. The van der Waals surface area contributed by atoms with Crippen LogP contribution in [-0.4, -0.2) is 32.5 Å². The Morgan fingerprint density at radius 3 is 2.81 bits per heavy atom. The van der Waals surface area contributed by atoms with E-state index in [1.807, 2.05) is 17.8 Å². The number of fused-ring (bicyclic) bond motifs is 1. The summed E-state index contributed by atoms with van der Waals surface area (Å²) >= 11 is 0. The fourth-order valence-electron chi connectivity index (χ4n) is 3.26. The van der Waals surface area contributed by atoms with Crippen molar-refractivity contribution in [2.45, 2.75) is 0 Å². The number of pyridine rings is 1. The lowest BCUT2D eigenvalue weighted by molar-refractivity contribution is -0.112. The van der Waals surface area contributed by atoms with Crippen molar-refractivity contribution in [3.05, 3.63) is 66.9 Å². The van der Waals surface area contributed by atoms with Crippen molar-refractivity contribution in [3.63, 3.8) is 0 Å². The van der Waals surface area contributed by atoms with Gasteiger partial charge in [-0.2, -0.15) is 0 Å². The number of nitrogens with zero attached hydrogens (tertiary/aromatic N) is 4. The van der Waals surface area contributed by atoms with Gasteiger partial charge in [0.15, 0.2) is 0 Å². The molecule has 0 fully saturated rings. The molecule has 0 aliphatic carbocycles. The molecule has 0 spiro atoms. The van der Waals surface area contributed by atoms with Gasteiger partial charge in [-0.3, -0.25) is 4.79 Å². The van der Waals surface area contributed by atoms with Gasteiger partial charge in [-0.1, -0.05) is 6.58 Å². The lowest BCUT2D eigenvalue weighted by atomic mass is 10.1. The van der Waals surface area contributed by atoms with E-state index >= 15 is 0 Å². The summed E-state index contributed by atoms with van der Waals surface area (Å²) in [5.74, 6) is -0.375. The van der Waals surface area contributed by atoms with Crippen LogP contribution in [0.1, 0.15) is 5.56 Å². The number of aryl methyl sites for hydroxylation is 1. The van der Waals surface area contributed by atoms with E-state index in [0.29, 0.717) is 22.9 Å². The van der Waals surface area contributed by atoms with Gasteiger partial charge in [-0.05, 0) is 30.3 Å². The molecule has 9 heteroatoms. The van der Waals surface area contributed by atoms with Gasteiger partial charge in [0.25, 0.3) is 0 Å². The van der Waals surface area contributed by atoms with E-state index in [1.165, 1.54) is 25.4 Å². The molecule has 3 N–H and O–H groups in total. The molecule has 156 valence electrons. The van der Waals surface area contributed by atoms with Gasteiger partial charge < -0.3 is 20.4 Å². The van der Waals surface area contributed by atoms with Crippen LogP contribution >= 0.6 is 0 Å². The molecule has 0 bridgehead atoms. The van der Waals surface area contributed by atoms with E-state index in [4.69, 9.17) is 10.5 Å². The maximum atomic E-state index is 13.6. The molecule has 3 aromatic heterocycles. The van der Waals surface area contributed by atoms with Crippen LogP contribution in [0.3, 0.4) is 0 Å². The second-order valence-corrected chi connectivity index (χ2v) is 6.83. The lowest BCUT2D eigenvalue weighted by Crippen LogP contribution is -2.12. The summed E-state index contributed by atoms with van der Waals surface area (Å²) in [6.07, 6.45) is 4.94. The molecular formula is C22H19FN6O2. The van der Waals surface area contributed by atoms with Crippen LogP contribution in [0.2, 0.25) is 0 Å². The van der Waals surface area contributed by atoms with Crippen molar-refractivity contribution in [1.82, 2.24) is 19.5 Å². The predicted octanol–water partition coefficient (Wildman–Crippen LogP) is 3.42. The number of amides is 1. The standard InChI is InChI=1S/C22H19FN6O2/c1-12(20(24)30)13-8-18(21(31-3)26-10-13)28-22-25-7-6-17(27-22)16-11-29(2)19-9-14(23)4-5-15(16)19/h4-11H,1H2,2-3H3,(H2,24,30)(H,25,27,28). The quantitative estimate of drug-likeness (QED) is 0.465. The van der Waals surface area contributed by atoms with Crippen molar-refractivity contribution in [2.24, 2.45) is 12.8 Å². The highest BCUT2D eigenvalue weighted by Gasteiger charge is 2.14. The van der Waals surface area contributed by atoms with Gasteiger partial charge in [-0.15, -0.1) is 0 Å². The first-order chi connectivity index (χ1) is 14.9. The van der Waals surface area contributed by atoms with Gasteiger partial charge >= 0.3 is 0 Å². The molecule has 0 aliphatic heterocycles. The maximum absolute atomic E-state index is 13.6. The van der Waals surface area contributed by atoms with Gasteiger partial charge in [0.2, 0.25) is 17.7 Å². The summed E-state index contributed by atoms with van der Waals surface area (Å²) in [5, 5.41) is 3.93. The molecule has 4 aromatic rings. The topological polar surface area (TPSA) is 108 Å². The smallest absolute Gasteiger partial charge is 0.248 e. The zero-order chi connectivity index (χ0) is 22.1. The first kappa shape index (κ1) is 20.0. The Hall–Kier alpha value is -4.27. The molecule has 8 nitrogen and oxygen atoms in total. The van der Waals surface area contributed by atoms with E-state index in [1.54, 1.807) is 24.4 Å². The van der Waals surface area contributed by atoms with E-state index in [2.05, 4.69) is 26.8 Å². The number of anilines is 2. The van der Waals surface area contributed by atoms with E-state index < -0.39 is 5.91 Å². The van der Waals surface area contributed by atoms with Crippen molar-refractivity contribution in [3.8, 4) is 17.1 Å². The van der Waals surface area contributed by atoms with E-state index in [-0.39, 0.29) is 17.3 Å². The molecular weight excluding hydrogens is 399 g/mol. The number of hydrogen-bond acceptors (Lipinski definition) is 6. The number of rotatable bonds is 6. The number of hydrogen-bond donors (Lipinski definition) is 2. The first-order valence-corrected chi connectivity index (χ1v) is 9.25. The van der Waals surface area contributed by atoms with Gasteiger partial charge in [-0.25, -0.2) is 19.3 Å². The predicted molar refractivity (Wildman–Crippen MR) is 116 cm³/mol. The Kier molecular flexibility index (Phi) is 5.08. The third-order valence-electron chi connectivity index (χ3n) is 4.82. The molecule has 0 saturated heterocycles. The normalized spacial score (nSPS) is 10.8. The maximum Gasteiger partial charge on any atom is 0.248 e. The molecule has 4 rings (SSSR count). The summed E-state index contributed by atoms with van der Waals surface area (Å²) in [6, 6.07) is 8.02. The number of benzene rings is 1.